The van der Waals surface area contributed by atoms with E-state index in [9.17, 15) is 4.79 Å². The van der Waals surface area contributed by atoms with Crippen molar-refractivity contribution in [2.75, 3.05) is 38.2 Å². The predicted octanol–water partition coefficient (Wildman–Crippen LogP) is 3.04. The molecule has 0 bridgehead atoms. The molecule has 1 atom stereocenters. The highest BCUT2D eigenvalue weighted by Gasteiger charge is 2.25. The van der Waals surface area contributed by atoms with E-state index in [1.54, 1.807) is 7.11 Å². The lowest BCUT2D eigenvalue weighted by molar-refractivity contribution is -0.131. The second-order valence-corrected chi connectivity index (χ2v) is 7.32. The van der Waals surface area contributed by atoms with Crippen LogP contribution < -0.4 is 9.64 Å². The van der Waals surface area contributed by atoms with Gasteiger partial charge in [0.05, 0.1) is 7.11 Å². The number of anilines is 1. The van der Waals surface area contributed by atoms with Gasteiger partial charge in [-0.05, 0) is 23.6 Å². The van der Waals surface area contributed by atoms with Crippen molar-refractivity contribution in [2.24, 2.45) is 0 Å². The van der Waals surface area contributed by atoms with Crippen molar-refractivity contribution < 1.29 is 13.9 Å². The molecule has 1 aromatic heterocycles. The first-order chi connectivity index (χ1) is 13.0. The van der Waals surface area contributed by atoms with Crippen LogP contribution in [0.1, 0.15) is 50.5 Å². The zero-order valence-corrected chi connectivity index (χ0v) is 16.5. The standard InChI is InChI=1S/C20H28N4O3/c1-14(2)19-21-22-20(27-19)24-11-9-23(10-12-24)18(25)13-15(3)16-5-7-17(26-4)8-6-16/h5-8,14-15H,9-13H2,1-4H3. The van der Waals surface area contributed by atoms with Crippen LogP contribution in [0.3, 0.4) is 0 Å². The first-order valence-electron chi connectivity index (χ1n) is 9.48. The zero-order chi connectivity index (χ0) is 19.4. The number of hydrogen-bond acceptors (Lipinski definition) is 6. The van der Waals surface area contributed by atoms with E-state index in [4.69, 9.17) is 9.15 Å². The summed E-state index contributed by atoms with van der Waals surface area (Å²) in [5.74, 6) is 2.05. The van der Waals surface area contributed by atoms with E-state index in [1.165, 1.54) is 0 Å². The van der Waals surface area contributed by atoms with Crippen molar-refractivity contribution >= 4 is 11.9 Å². The minimum atomic E-state index is 0.172. The van der Waals surface area contributed by atoms with E-state index in [1.807, 2.05) is 43.0 Å². The highest BCUT2D eigenvalue weighted by molar-refractivity contribution is 5.77. The number of rotatable bonds is 6. The summed E-state index contributed by atoms with van der Waals surface area (Å²) in [5.41, 5.74) is 1.15. The molecule has 146 valence electrons. The van der Waals surface area contributed by atoms with Gasteiger partial charge in [-0.3, -0.25) is 4.79 Å². The summed E-state index contributed by atoms with van der Waals surface area (Å²) in [6, 6.07) is 8.47. The van der Waals surface area contributed by atoms with E-state index in [2.05, 4.69) is 22.0 Å². The number of benzene rings is 1. The van der Waals surface area contributed by atoms with Crippen LogP contribution in [-0.2, 0) is 4.79 Å². The van der Waals surface area contributed by atoms with Crippen LogP contribution in [-0.4, -0.2) is 54.3 Å². The third kappa shape index (κ3) is 4.59. The molecule has 1 aromatic carbocycles. The fourth-order valence-electron chi connectivity index (χ4n) is 3.18. The minimum absolute atomic E-state index is 0.172. The lowest BCUT2D eigenvalue weighted by Gasteiger charge is -2.34. The average Bonchev–Trinajstić information content (AvgIpc) is 3.18. The fourth-order valence-corrected chi connectivity index (χ4v) is 3.18. The van der Waals surface area contributed by atoms with Crippen LogP contribution in [0, 0.1) is 0 Å². The number of hydrogen-bond donors (Lipinski definition) is 0. The summed E-state index contributed by atoms with van der Waals surface area (Å²) in [4.78, 5) is 16.7. The smallest absolute Gasteiger partial charge is 0.318 e. The van der Waals surface area contributed by atoms with Gasteiger partial charge in [0.1, 0.15) is 5.75 Å². The molecule has 0 spiro atoms. The zero-order valence-electron chi connectivity index (χ0n) is 16.5. The summed E-state index contributed by atoms with van der Waals surface area (Å²) in [7, 11) is 1.65. The van der Waals surface area contributed by atoms with Gasteiger partial charge < -0.3 is 19.0 Å². The second-order valence-electron chi connectivity index (χ2n) is 7.32. The van der Waals surface area contributed by atoms with Crippen LogP contribution in [0.5, 0.6) is 5.75 Å². The normalized spacial score (nSPS) is 15.9. The molecule has 7 nitrogen and oxygen atoms in total. The Kier molecular flexibility index (Phi) is 5.98. The van der Waals surface area contributed by atoms with E-state index in [-0.39, 0.29) is 17.7 Å². The first kappa shape index (κ1) is 19.2. The van der Waals surface area contributed by atoms with Gasteiger partial charge >= 0.3 is 6.01 Å². The summed E-state index contributed by atoms with van der Waals surface area (Å²) in [5, 5.41) is 8.21. The maximum Gasteiger partial charge on any atom is 0.318 e. The third-order valence-electron chi connectivity index (χ3n) is 4.99. The van der Waals surface area contributed by atoms with Gasteiger partial charge in [-0.25, -0.2) is 0 Å². The van der Waals surface area contributed by atoms with Crippen molar-refractivity contribution in [3.8, 4) is 5.75 Å². The molecule has 1 aliphatic rings. The van der Waals surface area contributed by atoms with Gasteiger partial charge in [-0.1, -0.05) is 38.0 Å². The molecule has 1 fully saturated rings. The lowest BCUT2D eigenvalue weighted by atomic mass is 9.97. The Morgan fingerprint density at radius 1 is 1.11 bits per heavy atom. The van der Waals surface area contributed by atoms with Gasteiger partial charge in [0.25, 0.3) is 0 Å². The number of amides is 1. The number of aromatic nitrogens is 2. The molecule has 7 heteroatoms. The first-order valence-corrected chi connectivity index (χ1v) is 9.48. The van der Waals surface area contributed by atoms with Gasteiger partial charge in [0.15, 0.2) is 0 Å². The summed E-state index contributed by atoms with van der Waals surface area (Å²) in [6.45, 7) is 8.91. The van der Waals surface area contributed by atoms with Crippen molar-refractivity contribution in [2.45, 2.75) is 39.0 Å². The van der Waals surface area contributed by atoms with Gasteiger partial charge in [-0.15, -0.1) is 5.10 Å². The van der Waals surface area contributed by atoms with Crippen LogP contribution >= 0.6 is 0 Å². The molecular weight excluding hydrogens is 344 g/mol. The summed E-state index contributed by atoms with van der Waals surface area (Å²) in [6.07, 6.45) is 0.504. The van der Waals surface area contributed by atoms with Crippen LogP contribution in [0.4, 0.5) is 6.01 Å². The van der Waals surface area contributed by atoms with Gasteiger partial charge in [0.2, 0.25) is 11.8 Å². The van der Waals surface area contributed by atoms with Gasteiger partial charge in [-0.2, -0.15) is 0 Å². The third-order valence-corrected chi connectivity index (χ3v) is 4.99. The number of nitrogens with zero attached hydrogens (tertiary/aromatic N) is 4. The SMILES string of the molecule is COc1ccc(C(C)CC(=O)N2CCN(c3nnc(C(C)C)o3)CC2)cc1. The van der Waals surface area contributed by atoms with E-state index < -0.39 is 0 Å². The van der Waals surface area contributed by atoms with Crippen molar-refractivity contribution in [3.63, 3.8) is 0 Å². The molecular formula is C20H28N4O3. The Balaban J connectivity index is 1.51. The number of piperazine rings is 1. The van der Waals surface area contributed by atoms with Crippen LogP contribution in [0.2, 0.25) is 0 Å². The number of ether oxygens (including phenoxy) is 1. The molecule has 0 aliphatic carbocycles. The Labute approximate surface area is 160 Å². The maximum absolute atomic E-state index is 12.7. The van der Waals surface area contributed by atoms with E-state index in [0.717, 1.165) is 11.3 Å². The molecule has 1 unspecified atom stereocenters. The Morgan fingerprint density at radius 3 is 2.33 bits per heavy atom. The number of carbonyl (C=O) groups is 1. The average molecular weight is 372 g/mol. The Bertz CT molecular complexity index is 749. The molecule has 1 amide bonds. The molecule has 1 saturated heterocycles. The molecule has 0 N–H and O–H groups in total. The highest BCUT2D eigenvalue weighted by Crippen LogP contribution is 2.24. The van der Waals surface area contributed by atoms with Crippen LogP contribution in [0.15, 0.2) is 28.7 Å². The molecule has 1 aliphatic heterocycles. The summed E-state index contributed by atoms with van der Waals surface area (Å²) >= 11 is 0. The maximum atomic E-state index is 12.7. The molecule has 3 rings (SSSR count). The van der Waals surface area contributed by atoms with Crippen LogP contribution in [0.25, 0.3) is 0 Å². The Hall–Kier alpha value is -2.57. The number of methoxy groups -OCH3 is 1. The monoisotopic (exact) mass is 372 g/mol. The molecule has 0 saturated carbocycles. The minimum Gasteiger partial charge on any atom is -0.497 e. The van der Waals surface area contributed by atoms with Crippen molar-refractivity contribution in [1.82, 2.24) is 15.1 Å². The lowest BCUT2D eigenvalue weighted by Crippen LogP contribution is -2.49. The summed E-state index contributed by atoms with van der Waals surface area (Å²) < 4.78 is 10.9. The van der Waals surface area contributed by atoms with Crippen molar-refractivity contribution in [1.29, 1.82) is 0 Å². The fraction of sp³-hybridized carbons (Fsp3) is 0.550. The highest BCUT2D eigenvalue weighted by atomic mass is 16.5. The number of carbonyl (C=O) groups excluding carboxylic acids is 1. The van der Waals surface area contributed by atoms with E-state index in [0.29, 0.717) is 44.5 Å². The molecule has 0 radical (unpaired) electrons. The topological polar surface area (TPSA) is 71.7 Å². The molecule has 2 aromatic rings. The second kappa shape index (κ2) is 8.41. The molecule has 2 heterocycles. The van der Waals surface area contributed by atoms with Gasteiger partial charge in [0, 0.05) is 38.5 Å². The molecule has 27 heavy (non-hydrogen) atoms. The Morgan fingerprint density at radius 2 is 1.78 bits per heavy atom. The van der Waals surface area contributed by atoms with E-state index >= 15 is 0 Å². The quantitative estimate of drug-likeness (QED) is 0.776. The largest absolute Gasteiger partial charge is 0.497 e. The predicted molar refractivity (Wildman–Crippen MR) is 103 cm³/mol. The van der Waals surface area contributed by atoms with Crippen molar-refractivity contribution in [3.05, 3.63) is 35.7 Å².